The molecule has 0 bridgehead atoms. The molecular formula is C16H18N2O2. The van der Waals surface area contributed by atoms with Crippen molar-refractivity contribution in [3.05, 3.63) is 47.3 Å². The van der Waals surface area contributed by atoms with Crippen LogP contribution < -0.4 is 4.74 Å². The molecule has 0 saturated carbocycles. The van der Waals surface area contributed by atoms with Gasteiger partial charge in [-0.1, -0.05) is 17.9 Å². The number of hydrogen-bond acceptors (Lipinski definition) is 3. The summed E-state index contributed by atoms with van der Waals surface area (Å²) in [6.07, 6.45) is 4.30. The van der Waals surface area contributed by atoms with Crippen LogP contribution >= 0.6 is 0 Å². The van der Waals surface area contributed by atoms with Crippen molar-refractivity contribution in [2.24, 2.45) is 0 Å². The quantitative estimate of drug-likeness (QED) is 0.864. The van der Waals surface area contributed by atoms with E-state index in [1.807, 2.05) is 42.2 Å². The van der Waals surface area contributed by atoms with Crippen molar-refractivity contribution in [3.8, 4) is 17.6 Å². The van der Waals surface area contributed by atoms with E-state index >= 15 is 0 Å². The maximum absolute atomic E-state index is 8.78. The molecule has 0 radical (unpaired) electrons. The minimum atomic E-state index is 0.0710. The van der Waals surface area contributed by atoms with Gasteiger partial charge in [0.15, 0.2) is 0 Å². The van der Waals surface area contributed by atoms with Gasteiger partial charge in [-0.25, -0.2) is 0 Å². The zero-order chi connectivity index (χ0) is 14.4. The standard InChI is InChI=1S/C16H18N2O2/c1-13-10-17-18(11-13)12-14-6-7-16(20-2)15(9-14)5-3-4-8-19/h6-7,9-11,19H,4,8,12H2,1-2H3. The number of aliphatic hydroxyl groups excluding tert-OH is 1. The molecule has 2 rings (SSSR count). The van der Waals surface area contributed by atoms with Crippen LogP contribution in [0.3, 0.4) is 0 Å². The van der Waals surface area contributed by atoms with Crippen LogP contribution in [0, 0.1) is 18.8 Å². The van der Waals surface area contributed by atoms with Gasteiger partial charge >= 0.3 is 0 Å². The van der Waals surface area contributed by atoms with E-state index in [4.69, 9.17) is 9.84 Å². The van der Waals surface area contributed by atoms with Crippen molar-refractivity contribution >= 4 is 0 Å². The van der Waals surface area contributed by atoms with Crippen LogP contribution in [0.1, 0.15) is 23.1 Å². The van der Waals surface area contributed by atoms with Crippen molar-refractivity contribution in [1.82, 2.24) is 9.78 Å². The fourth-order valence-corrected chi connectivity index (χ4v) is 1.91. The number of nitrogens with zero attached hydrogens (tertiary/aromatic N) is 2. The Bertz CT molecular complexity index is 635. The van der Waals surface area contributed by atoms with Gasteiger partial charge in [-0.3, -0.25) is 4.68 Å². The third-order valence-electron chi connectivity index (χ3n) is 2.83. The molecule has 0 amide bonds. The number of benzene rings is 1. The Morgan fingerprint density at radius 3 is 2.90 bits per heavy atom. The largest absolute Gasteiger partial charge is 0.495 e. The molecule has 4 nitrogen and oxygen atoms in total. The molecule has 1 aromatic heterocycles. The first-order valence-electron chi connectivity index (χ1n) is 6.48. The topological polar surface area (TPSA) is 47.3 Å². The molecule has 0 spiro atoms. The van der Waals surface area contributed by atoms with Crippen LogP contribution in [0.25, 0.3) is 0 Å². The lowest BCUT2D eigenvalue weighted by molar-refractivity contribution is 0.305. The smallest absolute Gasteiger partial charge is 0.134 e. The Hall–Kier alpha value is -2.25. The lowest BCUT2D eigenvalue weighted by Gasteiger charge is -2.07. The van der Waals surface area contributed by atoms with Gasteiger partial charge in [-0.2, -0.15) is 5.10 Å². The zero-order valence-corrected chi connectivity index (χ0v) is 11.8. The highest BCUT2D eigenvalue weighted by atomic mass is 16.5. The maximum Gasteiger partial charge on any atom is 0.134 e. The Balaban J connectivity index is 2.23. The van der Waals surface area contributed by atoms with Crippen LogP contribution in [0.15, 0.2) is 30.6 Å². The van der Waals surface area contributed by atoms with Crippen molar-refractivity contribution in [2.75, 3.05) is 13.7 Å². The summed E-state index contributed by atoms with van der Waals surface area (Å²) in [7, 11) is 1.63. The maximum atomic E-state index is 8.78. The molecule has 2 aromatic rings. The van der Waals surface area contributed by atoms with Crippen LogP contribution in [0.2, 0.25) is 0 Å². The lowest BCUT2D eigenvalue weighted by Crippen LogP contribution is -2.00. The van der Waals surface area contributed by atoms with Gasteiger partial charge in [0.1, 0.15) is 5.75 Å². The number of aromatic nitrogens is 2. The van der Waals surface area contributed by atoms with Crippen molar-refractivity contribution in [3.63, 3.8) is 0 Å². The molecule has 0 aliphatic carbocycles. The fraction of sp³-hybridized carbons (Fsp3) is 0.312. The SMILES string of the molecule is COc1ccc(Cn2cc(C)cn2)cc1C#CCCO. The second kappa shape index (κ2) is 6.78. The van der Waals surface area contributed by atoms with Gasteiger partial charge in [0, 0.05) is 12.6 Å². The second-order valence-corrected chi connectivity index (χ2v) is 4.53. The van der Waals surface area contributed by atoms with Gasteiger partial charge in [-0.15, -0.1) is 0 Å². The molecule has 1 aromatic carbocycles. The minimum absolute atomic E-state index is 0.0710. The Morgan fingerprint density at radius 2 is 2.25 bits per heavy atom. The first-order chi connectivity index (χ1) is 9.72. The Labute approximate surface area is 119 Å². The number of ether oxygens (including phenoxy) is 1. The molecule has 1 heterocycles. The molecule has 0 atom stereocenters. The first kappa shape index (κ1) is 14.2. The van der Waals surface area contributed by atoms with Gasteiger partial charge in [0.25, 0.3) is 0 Å². The molecule has 0 unspecified atom stereocenters. The lowest BCUT2D eigenvalue weighted by atomic mass is 10.1. The minimum Gasteiger partial charge on any atom is -0.495 e. The number of aryl methyl sites for hydroxylation is 1. The van der Waals surface area contributed by atoms with E-state index in [1.54, 1.807) is 7.11 Å². The first-order valence-corrected chi connectivity index (χ1v) is 6.48. The molecule has 104 valence electrons. The van der Waals surface area contributed by atoms with E-state index in [-0.39, 0.29) is 6.61 Å². The summed E-state index contributed by atoms with van der Waals surface area (Å²) in [6, 6.07) is 5.92. The molecule has 0 aliphatic rings. The highest BCUT2D eigenvalue weighted by Gasteiger charge is 2.03. The zero-order valence-electron chi connectivity index (χ0n) is 11.8. The van der Waals surface area contributed by atoms with E-state index in [0.717, 1.165) is 22.4 Å². The van der Waals surface area contributed by atoms with E-state index in [2.05, 4.69) is 16.9 Å². The van der Waals surface area contributed by atoms with Crippen LogP contribution in [0.5, 0.6) is 5.75 Å². The number of hydrogen-bond donors (Lipinski definition) is 1. The molecule has 0 fully saturated rings. The van der Waals surface area contributed by atoms with Crippen molar-refractivity contribution in [2.45, 2.75) is 19.9 Å². The van der Waals surface area contributed by atoms with Gasteiger partial charge in [0.05, 0.1) is 32.0 Å². The molecular weight excluding hydrogens is 252 g/mol. The average Bonchev–Trinajstić information content (AvgIpc) is 2.85. The summed E-state index contributed by atoms with van der Waals surface area (Å²) in [5.41, 5.74) is 3.09. The number of rotatable bonds is 4. The van der Waals surface area contributed by atoms with E-state index in [9.17, 15) is 0 Å². The molecule has 4 heteroatoms. The summed E-state index contributed by atoms with van der Waals surface area (Å²) >= 11 is 0. The van der Waals surface area contributed by atoms with Crippen LogP contribution in [0.4, 0.5) is 0 Å². The number of aliphatic hydroxyl groups is 1. The molecule has 20 heavy (non-hydrogen) atoms. The monoisotopic (exact) mass is 270 g/mol. The summed E-state index contributed by atoms with van der Waals surface area (Å²) in [5, 5.41) is 13.1. The predicted molar refractivity (Wildman–Crippen MR) is 77.6 cm³/mol. The van der Waals surface area contributed by atoms with E-state index in [1.165, 1.54) is 0 Å². The highest BCUT2D eigenvalue weighted by molar-refractivity contribution is 5.48. The van der Waals surface area contributed by atoms with Crippen molar-refractivity contribution < 1.29 is 9.84 Å². The average molecular weight is 270 g/mol. The van der Waals surface area contributed by atoms with Gasteiger partial charge in [-0.05, 0) is 30.2 Å². The predicted octanol–water partition coefficient (Wildman–Crippen LogP) is 1.98. The summed E-state index contributed by atoms with van der Waals surface area (Å²) in [6.45, 7) is 2.79. The number of methoxy groups -OCH3 is 1. The van der Waals surface area contributed by atoms with Gasteiger partial charge < -0.3 is 9.84 Å². The van der Waals surface area contributed by atoms with Crippen LogP contribution in [-0.2, 0) is 6.54 Å². The fourth-order valence-electron chi connectivity index (χ4n) is 1.91. The third kappa shape index (κ3) is 3.62. The summed E-state index contributed by atoms with van der Waals surface area (Å²) in [5.74, 6) is 6.70. The van der Waals surface area contributed by atoms with E-state index < -0.39 is 0 Å². The van der Waals surface area contributed by atoms with Gasteiger partial charge in [0.2, 0.25) is 0 Å². The Morgan fingerprint density at radius 1 is 1.40 bits per heavy atom. The molecule has 0 aliphatic heterocycles. The second-order valence-electron chi connectivity index (χ2n) is 4.53. The highest BCUT2D eigenvalue weighted by Crippen LogP contribution is 2.19. The summed E-state index contributed by atoms with van der Waals surface area (Å²) < 4.78 is 7.19. The Kier molecular flexibility index (Phi) is 4.80. The van der Waals surface area contributed by atoms with E-state index in [0.29, 0.717) is 13.0 Å². The normalized spacial score (nSPS) is 9.95. The third-order valence-corrected chi connectivity index (χ3v) is 2.83. The van der Waals surface area contributed by atoms with Crippen molar-refractivity contribution in [1.29, 1.82) is 0 Å². The molecule has 0 saturated heterocycles. The van der Waals surface area contributed by atoms with Crippen LogP contribution in [-0.4, -0.2) is 28.6 Å². The molecule has 1 N–H and O–H groups in total. The summed E-state index contributed by atoms with van der Waals surface area (Å²) in [4.78, 5) is 0.